The summed E-state index contributed by atoms with van der Waals surface area (Å²) in [7, 11) is 0. The number of nitrogens with zero attached hydrogens (tertiary/aromatic N) is 2. The Kier molecular flexibility index (Phi) is 7.98. The van der Waals surface area contributed by atoms with Gasteiger partial charge in [0.2, 0.25) is 0 Å². The summed E-state index contributed by atoms with van der Waals surface area (Å²) in [6.07, 6.45) is 0. The van der Waals surface area contributed by atoms with E-state index >= 15 is 0 Å². The summed E-state index contributed by atoms with van der Waals surface area (Å²) in [4.78, 5) is 21.8. The standard InChI is InChI=1S/C25H30FN5O2S/c1-15(2)14-33-18-12-16(11-17(26)13-18)20-10-9-19(23(28-20)30-25(3,4)5)24(32)31-34-22-8-6-7-21(27)29-22/h6-13,15H,14H2,1-5H3,(H2,27,29)(H,28,30)(H,31,32). The summed E-state index contributed by atoms with van der Waals surface area (Å²) in [5.41, 5.74) is 6.76. The maximum Gasteiger partial charge on any atom is 0.265 e. The fourth-order valence-corrected chi connectivity index (χ4v) is 3.56. The van der Waals surface area contributed by atoms with Gasteiger partial charge in [-0.25, -0.2) is 14.4 Å². The third-order valence-electron chi connectivity index (χ3n) is 4.38. The van der Waals surface area contributed by atoms with Crippen molar-refractivity contribution in [3.05, 3.63) is 59.9 Å². The van der Waals surface area contributed by atoms with Crippen LogP contribution in [0, 0.1) is 11.7 Å². The first-order chi connectivity index (χ1) is 16.0. The summed E-state index contributed by atoms with van der Waals surface area (Å²) in [5, 5.41) is 3.84. The number of hydrogen-bond donors (Lipinski definition) is 3. The number of pyridine rings is 2. The predicted octanol–water partition coefficient (Wildman–Crippen LogP) is 5.55. The molecule has 2 aromatic heterocycles. The van der Waals surface area contributed by atoms with Crippen LogP contribution in [-0.4, -0.2) is 28.0 Å². The van der Waals surface area contributed by atoms with Crippen LogP contribution in [0.3, 0.4) is 0 Å². The van der Waals surface area contributed by atoms with Gasteiger partial charge in [0.05, 0.1) is 17.9 Å². The van der Waals surface area contributed by atoms with Crippen LogP contribution in [0.2, 0.25) is 0 Å². The van der Waals surface area contributed by atoms with Gasteiger partial charge in [-0.2, -0.15) is 0 Å². The number of amides is 1. The van der Waals surface area contributed by atoms with Gasteiger partial charge in [0.1, 0.15) is 28.2 Å². The fourth-order valence-electron chi connectivity index (χ4n) is 2.95. The molecule has 0 spiro atoms. The van der Waals surface area contributed by atoms with Crippen LogP contribution >= 0.6 is 11.9 Å². The van der Waals surface area contributed by atoms with Crippen molar-refractivity contribution in [1.82, 2.24) is 14.7 Å². The second-order valence-electron chi connectivity index (χ2n) is 9.28. The molecule has 0 saturated carbocycles. The summed E-state index contributed by atoms with van der Waals surface area (Å²) >= 11 is 1.06. The van der Waals surface area contributed by atoms with Gasteiger partial charge < -0.3 is 15.8 Å². The highest BCUT2D eigenvalue weighted by Gasteiger charge is 2.20. The topological polar surface area (TPSA) is 102 Å². The molecule has 3 aromatic rings. The van der Waals surface area contributed by atoms with Gasteiger partial charge >= 0.3 is 0 Å². The first-order valence-electron chi connectivity index (χ1n) is 10.9. The molecule has 0 aliphatic heterocycles. The van der Waals surface area contributed by atoms with Gasteiger partial charge in [0, 0.05) is 29.1 Å². The average molecular weight is 484 g/mol. The lowest BCUT2D eigenvalue weighted by Crippen LogP contribution is -2.29. The largest absolute Gasteiger partial charge is 0.493 e. The lowest BCUT2D eigenvalue weighted by atomic mass is 10.1. The molecule has 0 saturated heterocycles. The molecular weight excluding hydrogens is 453 g/mol. The van der Waals surface area contributed by atoms with Gasteiger partial charge in [-0.1, -0.05) is 19.9 Å². The number of halogens is 1. The maximum atomic E-state index is 14.3. The normalized spacial score (nSPS) is 11.4. The predicted molar refractivity (Wildman–Crippen MR) is 135 cm³/mol. The smallest absolute Gasteiger partial charge is 0.265 e. The van der Waals surface area contributed by atoms with E-state index in [1.165, 1.54) is 12.1 Å². The van der Waals surface area contributed by atoms with E-state index in [1.807, 2.05) is 34.6 Å². The molecule has 0 aliphatic carbocycles. The summed E-state index contributed by atoms with van der Waals surface area (Å²) in [6.45, 7) is 10.4. The number of nitrogen functional groups attached to an aromatic ring is 1. The molecule has 4 N–H and O–H groups in total. The van der Waals surface area contributed by atoms with Gasteiger partial charge in [-0.15, -0.1) is 0 Å². The monoisotopic (exact) mass is 483 g/mol. The van der Waals surface area contributed by atoms with Crippen molar-refractivity contribution < 1.29 is 13.9 Å². The fraction of sp³-hybridized carbons (Fsp3) is 0.320. The van der Waals surface area contributed by atoms with Crippen molar-refractivity contribution in [2.45, 2.75) is 45.2 Å². The highest BCUT2D eigenvalue weighted by Crippen LogP contribution is 2.28. The molecule has 9 heteroatoms. The maximum absolute atomic E-state index is 14.3. The van der Waals surface area contributed by atoms with Crippen molar-refractivity contribution >= 4 is 29.5 Å². The SMILES string of the molecule is CC(C)COc1cc(F)cc(-c2ccc(C(=O)NSc3cccc(N)n3)c(NC(C)(C)C)n2)c1. The number of ether oxygens (including phenoxy) is 1. The highest BCUT2D eigenvalue weighted by atomic mass is 32.2. The highest BCUT2D eigenvalue weighted by molar-refractivity contribution is 7.97. The van der Waals surface area contributed by atoms with Crippen molar-refractivity contribution in [3.63, 3.8) is 0 Å². The number of anilines is 2. The molecule has 0 aliphatic rings. The van der Waals surface area contributed by atoms with Crippen molar-refractivity contribution in [2.24, 2.45) is 5.92 Å². The molecule has 1 aromatic carbocycles. The minimum Gasteiger partial charge on any atom is -0.493 e. The van der Waals surface area contributed by atoms with Crippen LogP contribution in [0.4, 0.5) is 16.0 Å². The molecule has 3 rings (SSSR count). The molecule has 7 nitrogen and oxygen atoms in total. The average Bonchev–Trinajstić information content (AvgIpc) is 2.74. The number of rotatable bonds is 8. The first-order valence-corrected chi connectivity index (χ1v) is 11.7. The Balaban J connectivity index is 1.90. The minimum absolute atomic E-state index is 0.311. The third-order valence-corrected chi connectivity index (χ3v) is 5.10. The van der Waals surface area contributed by atoms with Gasteiger partial charge in [0.15, 0.2) is 0 Å². The van der Waals surface area contributed by atoms with Gasteiger partial charge in [-0.3, -0.25) is 9.52 Å². The summed E-state index contributed by atoms with van der Waals surface area (Å²) in [6, 6.07) is 13.0. The van der Waals surface area contributed by atoms with E-state index in [-0.39, 0.29) is 11.4 Å². The second-order valence-corrected chi connectivity index (χ2v) is 10.1. The number of carbonyl (C=O) groups is 1. The van der Waals surface area contributed by atoms with E-state index in [0.29, 0.717) is 51.8 Å². The zero-order valence-electron chi connectivity index (χ0n) is 20.0. The van der Waals surface area contributed by atoms with Crippen molar-refractivity contribution in [3.8, 4) is 17.0 Å². The van der Waals surface area contributed by atoms with E-state index in [1.54, 1.807) is 36.4 Å². The molecule has 0 atom stereocenters. The zero-order chi connectivity index (χ0) is 24.9. The minimum atomic E-state index is -0.420. The Morgan fingerprint density at radius 3 is 2.59 bits per heavy atom. The Morgan fingerprint density at radius 1 is 1.15 bits per heavy atom. The van der Waals surface area contributed by atoms with E-state index < -0.39 is 5.82 Å². The number of aromatic nitrogens is 2. The van der Waals surface area contributed by atoms with Gasteiger partial charge in [0.25, 0.3) is 5.91 Å². The van der Waals surface area contributed by atoms with Gasteiger partial charge in [-0.05, 0) is 63.1 Å². The van der Waals surface area contributed by atoms with Crippen LogP contribution in [0.1, 0.15) is 45.0 Å². The van der Waals surface area contributed by atoms with E-state index in [0.717, 1.165) is 11.9 Å². The molecule has 0 radical (unpaired) electrons. The lowest BCUT2D eigenvalue weighted by Gasteiger charge is -2.23. The molecule has 1 amide bonds. The first kappa shape index (κ1) is 25.3. The molecule has 0 fully saturated rings. The number of nitrogens with two attached hydrogens (primary N) is 1. The summed E-state index contributed by atoms with van der Waals surface area (Å²) < 4.78 is 22.8. The van der Waals surface area contributed by atoms with Crippen LogP contribution in [-0.2, 0) is 0 Å². The third kappa shape index (κ3) is 7.34. The van der Waals surface area contributed by atoms with Crippen molar-refractivity contribution in [1.29, 1.82) is 0 Å². The Hall–Kier alpha value is -3.33. The molecule has 0 unspecified atom stereocenters. The summed E-state index contributed by atoms with van der Waals surface area (Å²) in [5.74, 6) is 0.732. The quantitative estimate of drug-likeness (QED) is 0.361. The lowest BCUT2D eigenvalue weighted by molar-refractivity contribution is 0.0985. The number of nitrogens with one attached hydrogen (secondary N) is 2. The zero-order valence-corrected chi connectivity index (χ0v) is 20.8. The van der Waals surface area contributed by atoms with Crippen LogP contribution in [0.25, 0.3) is 11.3 Å². The molecular formula is C25H30FN5O2S. The van der Waals surface area contributed by atoms with Crippen molar-refractivity contribution in [2.75, 3.05) is 17.7 Å². The number of hydrogen-bond acceptors (Lipinski definition) is 7. The van der Waals surface area contributed by atoms with Crippen LogP contribution in [0.5, 0.6) is 5.75 Å². The Bertz CT molecular complexity index is 1160. The molecule has 0 bridgehead atoms. The van der Waals surface area contributed by atoms with Crippen LogP contribution < -0.4 is 20.5 Å². The Morgan fingerprint density at radius 2 is 1.91 bits per heavy atom. The van der Waals surface area contributed by atoms with Crippen LogP contribution in [0.15, 0.2) is 53.6 Å². The number of carbonyl (C=O) groups excluding carboxylic acids is 1. The second kappa shape index (κ2) is 10.7. The Labute approximate surface area is 203 Å². The molecule has 180 valence electrons. The molecule has 34 heavy (non-hydrogen) atoms. The molecule has 2 heterocycles. The van der Waals surface area contributed by atoms with E-state index in [4.69, 9.17) is 10.5 Å². The van der Waals surface area contributed by atoms with E-state index in [9.17, 15) is 9.18 Å². The van der Waals surface area contributed by atoms with E-state index in [2.05, 4.69) is 20.0 Å². The number of benzene rings is 1.